The Morgan fingerprint density at radius 2 is 2.23 bits per heavy atom. The topological polar surface area (TPSA) is 35.5 Å². The third-order valence-electron chi connectivity index (χ3n) is 1.52. The van der Waals surface area contributed by atoms with E-state index in [0.29, 0.717) is 19.1 Å². The van der Waals surface area contributed by atoms with Crippen LogP contribution < -0.4 is 0 Å². The molecule has 0 aromatic rings. The van der Waals surface area contributed by atoms with Crippen molar-refractivity contribution in [1.82, 2.24) is 0 Å². The van der Waals surface area contributed by atoms with Gasteiger partial charge in [0.05, 0.1) is 19.5 Å². The van der Waals surface area contributed by atoms with Gasteiger partial charge in [-0.2, -0.15) is 0 Å². The van der Waals surface area contributed by atoms with Gasteiger partial charge in [-0.15, -0.1) is 0 Å². The maximum Gasteiger partial charge on any atom is 0.330 e. The average Bonchev–Trinajstić information content (AvgIpc) is 2.14. The number of hydrogen-bond acceptors (Lipinski definition) is 3. The van der Waals surface area contributed by atoms with Crippen molar-refractivity contribution in [2.45, 2.75) is 13.3 Å². The molecule has 1 unspecified atom stereocenters. The first-order valence-electron chi connectivity index (χ1n) is 4.22. The van der Waals surface area contributed by atoms with Crippen LogP contribution in [0.2, 0.25) is 0 Å². The first kappa shape index (κ1) is 11.8. The van der Waals surface area contributed by atoms with Gasteiger partial charge in [-0.25, -0.2) is 4.79 Å². The molecule has 3 heteroatoms. The highest BCUT2D eigenvalue weighted by molar-refractivity contribution is 5.81. The van der Waals surface area contributed by atoms with Crippen molar-refractivity contribution in [1.29, 1.82) is 0 Å². The van der Waals surface area contributed by atoms with Gasteiger partial charge in [-0.3, -0.25) is 0 Å². The van der Waals surface area contributed by atoms with Crippen LogP contribution >= 0.6 is 0 Å². The fraction of sp³-hybridized carbons (Fsp3) is 0.500. The van der Waals surface area contributed by atoms with Crippen LogP contribution in [0.5, 0.6) is 0 Å². The van der Waals surface area contributed by atoms with Gasteiger partial charge in [0.1, 0.15) is 0 Å². The van der Waals surface area contributed by atoms with Crippen LogP contribution in [0, 0.1) is 5.92 Å². The smallest absolute Gasteiger partial charge is 0.330 e. The van der Waals surface area contributed by atoms with Crippen molar-refractivity contribution in [3.63, 3.8) is 0 Å². The van der Waals surface area contributed by atoms with E-state index in [1.165, 1.54) is 6.26 Å². The van der Waals surface area contributed by atoms with Crippen LogP contribution in [0.3, 0.4) is 0 Å². The van der Waals surface area contributed by atoms with E-state index in [1.807, 2.05) is 6.92 Å². The number of ether oxygens (including phenoxy) is 2. The zero-order valence-corrected chi connectivity index (χ0v) is 7.99. The summed E-state index contributed by atoms with van der Waals surface area (Å²) in [5, 5.41) is 0. The molecule has 1 atom stereocenters. The summed E-state index contributed by atoms with van der Waals surface area (Å²) >= 11 is 0. The van der Waals surface area contributed by atoms with E-state index in [0.717, 1.165) is 12.5 Å². The minimum absolute atomic E-state index is 0.295. The molecular formula is C10H16O3. The van der Waals surface area contributed by atoms with E-state index in [4.69, 9.17) is 9.47 Å². The van der Waals surface area contributed by atoms with Crippen molar-refractivity contribution in [2.24, 2.45) is 5.92 Å². The highest BCUT2D eigenvalue weighted by Crippen LogP contribution is 2.02. The molecule has 13 heavy (non-hydrogen) atoms. The molecule has 0 spiro atoms. The molecule has 0 heterocycles. The van der Waals surface area contributed by atoms with Crippen LogP contribution in [0.25, 0.3) is 0 Å². The number of carbonyl (C=O) groups is 1. The Kier molecular flexibility index (Phi) is 6.69. The molecule has 0 aromatic heterocycles. The third kappa shape index (κ3) is 7.12. The third-order valence-corrected chi connectivity index (χ3v) is 1.52. The molecule has 74 valence electrons. The molecule has 0 aromatic carbocycles. The van der Waals surface area contributed by atoms with Gasteiger partial charge in [0.15, 0.2) is 0 Å². The Bertz CT molecular complexity index is 175. The fourth-order valence-corrected chi connectivity index (χ4v) is 0.719. The zero-order chi connectivity index (χ0) is 10.1. The van der Waals surface area contributed by atoms with Gasteiger partial charge in [0.2, 0.25) is 0 Å². The molecule has 0 aliphatic rings. The van der Waals surface area contributed by atoms with E-state index >= 15 is 0 Å². The van der Waals surface area contributed by atoms with Crippen LogP contribution in [0.15, 0.2) is 25.5 Å². The molecule has 0 aliphatic carbocycles. The van der Waals surface area contributed by atoms with E-state index in [1.54, 1.807) is 0 Å². The minimum atomic E-state index is -0.378. The molecule has 0 N–H and O–H groups in total. The standard InChI is InChI=1S/C10H16O3/c1-4-10(11)13-8-9(3)6-7-12-5-2/h4-5,9H,1-2,6-8H2,3H3. The predicted octanol–water partition coefficient (Wildman–Crippen LogP) is 1.90. The van der Waals surface area contributed by atoms with Crippen molar-refractivity contribution in [2.75, 3.05) is 13.2 Å². The summed E-state index contributed by atoms with van der Waals surface area (Å²) < 4.78 is 9.79. The molecule has 0 fully saturated rings. The van der Waals surface area contributed by atoms with Crippen LogP contribution in [-0.2, 0) is 14.3 Å². The lowest BCUT2D eigenvalue weighted by atomic mass is 10.1. The second-order valence-corrected chi connectivity index (χ2v) is 2.77. The summed E-state index contributed by atoms with van der Waals surface area (Å²) in [5.41, 5.74) is 0. The number of hydrogen-bond donors (Lipinski definition) is 0. The molecule has 0 saturated carbocycles. The number of carbonyl (C=O) groups excluding carboxylic acids is 1. The van der Waals surface area contributed by atoms with Crippen LogP contribution in [0.4, 0.5) is 0 Å². The summed E-state index contributed by atoms with van der Waals surface area (Å²) in [5.74, 6) is -0.0830. The maximum absolute atomic E-state index is 10.7. The summed E-state index contributed by atoms with van der Waals surface area (Å²) in [6.07, 6.45) is 3.41. The van der Waals surface area contributed by atoms with Gasteiger partial charge in [-0.05, 0) is 12.3 Å². The monoisotopic (exact) mass is 184 g/mol. The Balaban J connectivity index is 3.39. The van der Waals surface area contributed by atoms with Crippen molar-refractivity contribution < 1.29 is 14.3 Å². The molecule has 0 radical (unpaired) electrons. The summed E-state index contributed by atoms with van der Waals surface area (Å²) in [4.78, 5) is 10.7. The quantitative estimate of drug-likeness (QED) is 0.262. The molecule has 0 bridgehead atoms. The lowest BCUT2D eigenvalue weighted by Crippen LogP contribution is -2.11. The Morgan fingerprint density at radius 3 is 2.77 bits per heavy atom. The summed E-state index contributed by atoms with van der Waals surface area (Å²) in [6.45, 7) is 9.73. The predicted molar refractivity (Wildman–Crippen MR) is 51.1 cm³/mol. The van der Waals surface area contributed by atoms with Crippen LogP contribution in [0.1, 0.15) is 13.3 Å². The van der Waals surface area contributed by atoms with E-state index in [-0.39, 0.29) is 5.97 Å². The van der Waals surface area contributed by atoms with Gasteiger partial charge < -0.3 is 9.47 Å². The Morgan fingerprint density at radius 1 is 1.54 bits per heavy atom. The molecule has 0 rings (SSSR count). The van der Waals surface area contributed by atoms with E-state index in [9.17, 15) is 4.79 Å². The van der Waals surface area contributed by atoms with Gasteiger partial charge in [0, 0.05) is 6.08 Å². The SMILES string of the molecule is C=COCCC(C)COC(=O)C=C. The van der Waals surface area contributed by atoms with Crippen molar-refractivity contribution >= 4 is 5.97 Å². The largest absolute Gasteiger partial charge is 0.502 e. The van der Waals surface area contributed by atoms with E-state index in [2.05, 4.69) is 13.2 Å². The first-order valence-corrected chi connectivity index (χ1v) is 4.22. The fourth-order valence-electron chi connectivity index (χ4n) is 0.719. The van der Waals surface area contributed by atoms with E-state index < -0.39 is 0 Å². The first-order chi connectivity index (χ1) is 6.20. The van der Waals surface area contributed by atoms with Crippen molar-refractivity contribution in [3.8, 4) is 0 Å². The summed E-state index contributed by atoms with van der Waals surface area (Å²) in [6, 6.07) is 0. The molecule has 0 amide bonds. The second-order valence-electron chi connectivity index (χ2n) is 2.77. The summed E-state index contributed by atoms with van der Waals surface area (Å²) in [7, 11) is 0. The molecular weight excluding hydrogens is 168 g/mol. The maximum atomic E-state index is 10.7. The number of esters is 1. The lowest BCUT2D eigenvalue weighted by Gasteiger charge is -2.10. The van der Waals surface area contributed by atoms with Crippen LogP contribution in [-0.4, -0.2) is 19.2 Å². The minimum Gasteiger partial charge on any atom is -0.502 e. The molecule has 0 aliphatic heterocycles. The molecule has 0 saturated heterocycles. The van der Waals surface area contributed by atoms with Crippen molar-refractivity contribution in [3.05, 3.63) is 25.5 Å². The lowest BCUT2D eigenvalue weighted by molar-refractivity contribution is -0.139. The van der Waals surface area contributed by atoms with Gasteiger partial charge in [0.25, 0.3) is 0 Å². The highest BCUT2D eigenvalue weighted by atomic mass is 16.5. The second kappa shape index (κ2) is 7.40. The Hall–Kier alpha value is -1.25. The number of rotatable bonds is 7. The zero-order valence-electron chi connectivity index (χ0n) is 7.99. The highest BCUT2D eigenvalue weighted by Gasteiger charge is 2.04. The van der Waals surface area contributed by atoms with Gasteiger partial charge in [-0.1, -0.05) is 20.1 Å². The Labute approximate surface area is 79.0 Å². The molecule has 3 nitrogen and oxygen atoms in total. The average molecular weight is 184 g/mol. The van der Waals surface area contributed by atoms with Gasteiger partial charge >= 0.3 is 5.97 Å². The normalized spacial score (nSPS) is 11.5.